The Morgan fingerprint density at radius 3 is 2.48 bits per heavy atom. The maximum Gasteiger partial charge on any atom is 0.276 e. The molecule has 0 fully saturated rings. The minimum Gasteiger partial charge on any atom is -0.444 e. The van der Waals surface area contributed by atoms with Crippen molar-refractivity contribution in [1.29, 1.82) is 0 Å². The van der Waals surface area contributed by atoms with Gasteiger partial charge in [0.25, 0.3) is 5.22 Å². The molecule has 0 saturated carbocycles. The van der Waals surface area contributed by atoms with Gasteiger partial charge in [-0.15, -0.1) is 10.2 Å². The van der Waals surface area contributed by atoms with Crippen molar-refractivity contribution < 1.29 is 8.83 Å². The summed E-state index contributed by atoms with van der Waals surface area (Å²) in [4.78, 5) is 4.51. The molecule has 0 aliphatic rings. The summed E-state index contributed by atoms with van der Waals surface area (Å²) >= 11 is 1.46. The molecule has 1 atom stereocenters. The first-order valence-electron chi connectivity index (χ1n) is 8.78. The van der Waals surface area contributed by atoms with Crippen molar-refractivity contribution in [2.75, 3.05) is 0 Å². The Morgan fingerprint density at radius 2 is 1.70 bits per heavy atom. The lowest BCUT2D eigenvalue weighted by molar-refractivity contribution is 0.404. The average molecular weight is 377 g/mol. The number of rotatable bonds is 7. The summed E-state index contributed by atoms with van der Waals surface area (Å²) in [6, 6.07) is 20.2. The monoisotopic (exact) mass is 377 g/mol. The van der Waals surface area contributed by atoms with E-state index in [1.165, 1.54) is 17.3 Å². The topological polar surface area (TPSA) is 65.0 Å². The summed E-state index contributed by atoms with van der Waals surface area (Å²) in [6.45, 7) is 2.16. The summed E-state index contributed by atoms with van der Waals surface area (Å²) in [5.74, 6) is 2.22. The van der Waals surface area contributed by atoms with Crippen LogP contribution in [0.15, 0.2) is 81.0 Å². The van der Waals surface area contributed by atoms with Crippen molar-refractivity contribution in [1.82, 2.24) is 15.2 Å². The lowest BCUT2D eigenvalue weighted by atomic mass is 9.98. The molecule has 0 spiro atoms. The molecule has 4 rings (SSSR count). The highest BCUT2D eigenvalue weighted by Crippen LogP contribution is 2.26. The highest BCUT2D eigenvalue weighted by Gasteiger charge is 2.14. The number of oxazole rings is 1. The number of thioether (sulfide) groups is 1. The molecule has 0 bridgehead atoms. The van der Waals surface area contributed by atoms with E-state index >= 15 is 0 Å². The maximum absolute atomic E-state index is 5.77. The van der Waals surface area contributed by atoms with Gasteiger partial charge in [0.15, 0.2) is 0 Å². The first-order chi connectivity index (χ1) is 13.3. The molecule has 136 valence electrons. The second kappa shape index (κ2) is 8.22. The predicted molar refractivity (Wildman–Crippen MR) is 104 cm³/mol. The van der Waals surface area contributed by atoms with Crippen LogP contribution in [0.5, 0.6) is 0 Å². The van der Waals surface area contributed by atoms with Gasteiger partial charge in [0.1, 0.15) is 6.26 Å². The highest BCUT2D eigenvalue weighted by atomic mass is 32.2. The minimum atomic E-state index is 0.327. The normalized spacial score (nSPS) is 12.2. The minimum absolute atomic E-state index is 0.327. The Labute approximate surface area is 161 Å². The average Bonchev–Trinajstić information content (AvgIpc) is 3.37. The Balaban J connectivity index is 1.34. The summed E-state index contributed by atoms with van der Waals surface area (Å²) in [7, 11) is 0. The van der Waals surface area contributed by atoms with E-state index in [1.807, 2.05) is 48.5 Å². The van der Waals surface area contributed by atoms with Crippen LogP contribution in [0.3, 0.4) is 0 Å². The molecule has 1 unspecified atom stereocenters. The van der Waals surface area contributed by atoms with Crippen LogP contribution in [-0.4, -0.2) is 15.2 Å². The van der Waals surface area contributed by atoms with Gasteiger partial charge >= 0.3 is 0 Å². The van der Waals surface area contributed by atoms with Gasteiger partial charge in [-0.2, -0.15) is 0 Å². The fraction of sp³-hybridized carbons (Fsp3) is 0.190. The lowest BCUT2D eigenvalue weighted by Crippen LogP contribution is -1.98. The Morgan fingerprint density at radius 1 is 0.963 bits per heavy atom. The van der Waals surface area contributed by atoms with Crippen LogP contribution in [0.2, 0.25) is 0 Å². The fourth-order valence-corrected chi connectivity index (χ4v) is 3.42. The molecule has 4 aromatic rings. The molecule has 5 nitrogen and oxygen atoms in total. The van der Waals surface area contributed by atoms with Gasteiger partial charge in [-0.3, -0.25) is 0 Å². The fourth-order valence-electron chi connectivity index (χ4n) is 2.76. The van der Waals surface area contributed by atoms with Crippen molar-refractivity contribution in [3.63, 3.8) is 0 Å². The van der Waals surface area contributed by atoms with Crippen LogP contribution >= 0.6 is 11.8 Å². The number of nitrogens with zero attached hydrogens (tertiary/aromatic N) is 3. The van der Waals surface area contributed by atoms with E-state index in [2.05, 4.69) is 34.2 Å². The Hall–Kier alpha value is -2.86. The van der Waals surface area contributed by atoms with Crippen LogP contribution in [0, 0.1) is 0 Å². The zero-order chi connectivity index (χ0) is 18.5. The third-order valence-electron chi connectivity index (χ3n) is 4.21. The standard InChI is InChI=1S/C21H19N3O2S/c1-15(16-8-4-2-5-9-16)12-19-23-24-21(26-19)27-14-18-13-25-20(22-18)17-10-6-3-7-11-17/h2-11,13,15H,12,14H2,1H3. The zero-order valence-electron chi connectivity index (χ0n) is 14.9. The van der Waals surface area contributed by atoms with Crippen LogP contribution in [0.25, 0.3) is 11.5 Å². The van der Waals surface area contributed by atoms with Gasteiger partial charge in [-0.25, -0.2) is 4.98 Å². The van der Waals surface area contributed by atoms with E-state index in [1.54, 1.807) is 6.26 Å². The van der Waals surface area contributed by atoms with E-state index in [4.69, 9.17) is 8.83 Å². The Kier molecular flexibility index (Phi) is 5.34. The lowest BCUT2D eigenvalue weighted by Gasteiger charge is -2.08. The summed E-state index contributed by atoms with van der Waals surface area (Å²) in [5, 5.41) is 8.85. The largest absolute Gasteiger partial charge is 0.444 e. The Bertz CT molecular complexity index is 983. The van der Waals surface area contributed by atoms with Crippen molar-refractivity contribution in [3.05, 3.63) is 84.1 Å². The zero-order valence-corrected chi connectivity index (χ0v) is 15.7. The first-order valence-corrected chi connectivity index (χ1v) is 9.76. The summed E-state index contributed by atoms with van der Waals surface area (Å²) in [6.07, 6.45) is 2.39. The molecular weight excluding hydrogens is 358 g/mol. The van der Waals surface area contributed by atoms with Gasteiger partial charge in [-0.1, -0.05) is 67.2 Å². The molecule has 0 aliphatic carbocycles. The molecule has 0 N–H and O–H groups in total. The molecule has 2 aromatic carbocycles. The molecular formula is C21H19N3O2S. The molecule has 0 amide bonds. The van der Waals surface area contributed by atoms with Crippen LogP contribution in [0.4, 0.5) is 0 Å². The van der Waals surface area contributed by atoms with Crippen LogP contribution < -0.4 is 0 Å². The number of aromatic nitrogens is 3. The van der Waals surface area contributed by atoms with Gasteiger partial charge in [0.05, 0.1) is 5.69 Å². The molecule has 6 heteroatoms. The van der Waals surface area contributed by atoms with Crippen LogP contribution in [-0.2, 0) is 12.2 Å². The molecule has 0 aliphatic heterocycles. The number of hydrogen-bond acceptors (Lipinski definition) is 6. The summed E-state index contributed by atoms with van der Waals surface area (Å²) < 4.78 is 11.3. The second-order valence-corrected chi connectivity index (χ2v) is 7.20. The third kappa shape index (κ3) is 4.46. The number of benzene rings is 2. The highest BCUT2D eigenvalue weighted by molar-refractivity contribution is 7.98. The second-order valence-electron chi connectivity index (χ2n) is 6.28. The van der Waals surface area contributed by atoms with E-state index in [-0.39, 0.29) is 0 Å². The van der Waals surface area contributed by atoms with Crippen LogP contribution in [0.1, 0.15) is 30.0 Å². The quantitative estimate of drug-likeness (QED) is 0.404. The van der Waals surface area contributed by atoms with Crippen molar-refractivity contribution in [3.8, 4) is 11.5 Å². The van der Waals surface area contributed by atoms with Crippen molar-refractivity contribution in [2.24, 2.45) is 0 Å². The molecule has 27 heavy (non-hydrogen) atoms. The van der Waals surface area contributed by atoms with E-state index < -0.39 is 0 Å². The van der Waals surface area contributed by atoms with Gasteiger partial charge in [-0.05, 0) is 23.6 Å². The molecule has 0 saturated heterocycles. The summed E-state index contributed by atoms with van der Waals surface area (Å²) in [5.41, 5.74) is 3.07. The smallest absolute Gasteiger partial charge is 0.276 e. The number of hydrogen-bond donors (Lipinski definition) is 0. The van der Waals surface area contributed by atoms with Gasteiger partial charge in [0.2, 0.25) is 11.8 Å². The van der Waals surface area contributed by atoms with E-state index in [0.717, 1.165) is 17.7 Å². The van der Waals surface area contributed by atoms with Gasteiger partial charge in [0, 0.05) is 17.7 Å². The molecule has 0 radical (unpaired) electrons. The van der Waals surface area contributed by atoms with Crippen molar-refractivity contribution >= 4 is 11.8 Å². The molecule has 2 heterocycles. The maximum atomic E-state index is 5.77. The van der Waals surface area contributed by atoms with Gasteiger partial charge < -0.3 is 8.83 Å². The third-order valence-corrected chi connectivity index (χ3v) is 5.07. The predicted octanol–water partition coefficient (Wildman–Crippen LogP) is 5.36. The first kappa shape index (κ1) is 17.5. The van der Waals surface area contributed by atoms with E-state index in [9.17, 15) is 0 Å². The SMILES string of the molecule is CC(Cc1nnc(SCc2coc(-c3ccccc3)n2)o1)c1ccccc1. The molecule has 2 aromatic heterocycles. The van der Waals surface area contributed by atoms with Crippen molar-refractivity contribution in [2.45, 2.75) is 30.2 Å². The van der Waals surface area contributed by atoms with E-state index in [0.29, 0.717) is 28.7 Å².